The Balaban J connectivity index is 1.86. The maximum atomic E-state index is 12.8. The first-order valence-corrected chi connectivity index (χ1v) is 5.76. The first-order chi connectivity index (χ1) is 7.75. The number of rotatable bonds is 3. The van der Waals surface area contributed by atoms with Crippen LogP contribution in [0.3, 0.4) is 0 Å². The summed E-state index contributed by atoms with van der Waals surface area (Å²) in [6.45, 7) is 0.585. The molecule has 1 saturated carbocycles. The van der Waals surface area contributed by atoms with Gasteiger partial charge < -0.3 is 4.74 Å². The molecule has 0 amide bonds. The lowest BCUT2D eigenvalue weighted by Crippen LogP contribution is -2.15. The zero-order valence-corrected chi connectivity index (χ0v) is 9.14. The zero-order valence-electron chi connectivity index (χ0n) is 9.14. The van der Waals surface area contributed by atoms with Crippen LogP contribution < -0.4 is 4.74 Å². The van der Waals surface area contributed by atoms with Gasteiger partial charge in [0.1, 0.15) is 5.75 Å². The zero-order chi connectivity index (χ0) is 11.4. The molecule has 1 radical (unpaired) electrons. The van der Waals surface area contributed by atoms with Gasteiger partial charge in [0.15, 0.2) is 11.6 Å². The summed E-state index contributed by atoms with van der Waals surface area (Å²) in [6, 6.07) is 4.74. The molecule has 0 spiro atoms. The van der Waals surface area contributed by atoms with Gasteiger partial charge in [0.25, 0.3) is 0 Å². The molecule has 1 nitrogen and oxygen atoms in total. The lowest BCUT2D eigenvalue weighted by molar-refractivity contribution is 0.207. The monoisotopic (exact) mass is 225 g/mol. The highest BCUT2D eigenvalue weighted by molar-refractivity contribution is 5.21. The predicted octanol–water partition coefficient (Wildman–Crippen LogP) is 3.72. The molecule has 87 valence electrons. The van der Waals surface area contributed by atoms with E-state index in [0.717, 1.165) is 6.07 Å². The van der Waals surface area contributed by atoms with Crippen LogP contribution >= 0.6 is 0 Å². The number of benzene rings is 1. The van der Waals surface area contributed by atoms with E-state index in [9.17, 15) is 8.78 Å². The molecule has 0 bridgehead atoms. The minimum Gasteiger partial charge on any atom is -0.493 e. The van der Waals surface area contributed by atoms with Crippen molar-refractivity contribution in [2.24, 2.45) is 5.92 Å². The highest BCUT2D eigenvalue weighted by Gasteiger charge is 2.14. The van der Waals surface area contributed by atoms with E-state index in [1.165, 1.54) is 38.2 Å². The smallest absolute Gasteiger partial charge is 0.170 e. The average molecular weight is 225 g/mol. The standard InChI is InChI=1S/C13H15F2O/c14-12-7-6-11(8-13(12)15)16-9-10-4-2-1-3-5-10/h6-7,10H,1-5,9H2. The maximum Gasteiger partial charge on any atom is 0.170 e. The van der Waals surface area contributed by atoms with Gasteiger partial charge in [-0.15, -0.1) is 0 Å². The third-order valence-electron chi connectivity index (χ3n) is 3.02. The van der Waals surface area contributed by atoms with E-state index in [-0.39, 0.29) is 0 Å². The Morgan fingerprint density at radius 3 is 2.62 bits per heavy atom. The fraction of sp³-hybridized carbons (Fsp3) is 0.538. The Bertz CT molecular complexity index is 346. The minimum absolute atomic E-state index is 0.296. The van der Waals surface area contributed by atoms with Crippen molar-refractivity contribution in [1.29, 1.82) is 0 Å². The molecule has 0 aliphatic heterocycles. The first-order valence-electron chi connectivity index (χ1n) is 5.76. The number of halogens is 2. The molecule has 3 heteroatoms. The van der Waals surface area contributed by atoms with Gasteiger partial charge in [0.2, 0.25) is 0 Å². The van der Waals surface area contributed by atoms with Crippen LogP contribution in [0.15, 0.2) is 12.1 Å². The molecule has 16 heavy (non-hydrogen) atoms. The van der Waals surface area contributed by atoms with E-state index >= 15 is 0 Å². The molecule has 0 saturated heterocycles. The van der Waals surface area contributed by atoms with Crippen LogP contribution in [0.2, 0.25) is 0 Å². The van der Waals surface area contributed by atoms with E-state index in [0.29, 0.717) is 18.3 Å². The Labute approximate surface area is 94.4 Å². The van der Waals surface area contributed by atoms with E-state index in [4.69, 9.17) is 4.74 Å². The van der Waals surface area contributed by atoms with Gasteiger partial charge in [0.05, 0.1) is 12.7 Å². The van der Waals surface area contributed by atoms with Crippen LogP contribution in [0, 0.1) is 23.6 Å². The summed E-state index contributed by atoms with van der Waals surface area (Å²) in [4.78, 5) is 0. The quantitative estimate of drug-likeness (QED) is 0.761. The summed E-state index contributed by atoms with van der Waals surface area (Å²) >= 11 is 0. The summed E-state index contributed by atoms with van der Waals surface area (Å²) in [6.07, 6.45) is 6.13. The second-order valence-corrected chi connectivity index (χ2v) is 4.30. The van der Waals surface area contributed by atoms with Crippen LogP contribution in [0.4, 0.5) is 8.78 Å². The summed E-state index contributed by atoms with van der Waals surface area (Å²) in [5, 5.41) is 0. The van der Waals surface area contributed by atoms with Gasteiger partial charge in [0, 0.05) is 0 Å². The lowest BCUT2D eigenvalue weighted by atomic mass is 9.90. The van der Waals surface area contributed by atoms with Crippen LogP contribution in [-0.2, 0) is 0 Å². The van der Waals surface area contributed by atoms with E-state index in [2.05, 4.69) is 6.07 Å². The Morgan fingerprint density at radius 2 is 1.94 bits per heavy atom. The molecular formula is C13H15F2O. The second kappa shape index (κ2) is 5.28. The third kappa shape index (κ3) is 2.94. The molecule has 1 fully saturated rings. The molecule has 0 aromatic heterocycles. The largest absolute Gasteiger partial charge is 0.493 e. The summed E-state index contributed by atoms with van der Waals surface area (Å²) < 4.78 is 30.9. The normalized spacial score (nSPS) is 17.4. The molecule has 0 atom stereocenters. The van der Waals surface area contributed by atoms with Crippen molar-refractivity contribution in [3.8, 4) is 5.75 Å². The van der Waals surface area contributed by atoms with Crippen molar-refractivity contribution in [2.45, 2.75) is 32.1 Å². The first kappa shape index (κ1) is 11.4. The van der Waals surface area contributed by atoms with Crippen molar-refractivity contribution in [2.75, 3.05) is 6.61 Å². The van der Waals surface area contributed by atoms with E-state index in [1.807, 2.05) is 0 Å². The molecule has 0 N–H and O–H groups in total. The summed E-state index contributed by atoms with van der Waals surface area (Å²) in [5.74, 6) is -1.01. The molecule has 0 heterocycles. The number of ether oxygens (including phenoxy) is 1. The summed E-state index contributed by atoms with van der Waals surface area (Å²) in [7, 11) is 0. The molecule has 2 rings (SSSR count). The van der Waals surface area contributed by atoms with E-state index in [1.54, 1.807) is 0 Å². The highest BCUT2D eigenvalue weighted by Crippen LogP contribution is 2.24. The van der Waals surface area contributed by atoms with Gasteiger partial charge in [-0.1, -0.05) is 19.3 Å². The fourth-order valence-corrected chi connectivity index (χ4v) is 2.08. The van der Waals surface area contributed by atoms with Gasteiger partial charge in [-0.2, -0.15) is 0 Å². The van der Waals surface area contributed by atoms with Gasteiger partial charge >= 0.3 is 0 Å². The minimum atomic E-state index is -0.971. The topological polar surface area (TPSA) is 9.23 Å². The molecule has 0 unspecified atom stereocenters. The molecule has 1 aliphatic rings. The van der Waals surface area contributed by atoms with Crippen LogP contribution in [-0.4, -0.2) is 6.61 Å². The Morgan fingerprint density at radius 1 is 1.19 bits per heavy atom. The fourth-order valence-electron chi connectivity index (χ4n) is 2.08. The van der Waals surface area contributed by atoms with Crippen molar-refractivity contribution in [3.63, 3.8) is 0 Å². The predicted molar refractivity (Wildman–Crippen MR) is 57.3 cm³/mol. The SMILES string of the molecule is Fc1[c]c(OCC2CCCCC2)ccc1F. The molecule has 1 aliphatic carbocycles. The lowest BCUT2D eigenvalue weighted by Gasteiger charge is -2.21. The second-order valence-electron chi connectivity index (χ2n) is 4.30. The Kier molecular flexibility index (Phi) is 3.75. The number of hydrogen-bond donors (Lipinski definition) is 0. The Hall–Kier alpha value is -1.12. The van der Waals surface area contributed by atoms with Crippen molar-refractivity contribution in [1.82, 2.24) is 0 Å². The summed E-state index contributed by atoms with van der Waals surface area (Å²) in [5.41, 5.74) is 0. The molecule has 1 aromatic rings. The van der Waals surface area contributed by atoms with Crippen molar-refractivity contribution < 1.29 is 13.5 Å². The maximum absolute atomic E-state index is 12.8. The van der Waals surface area contributed by atoms with Crippen molar-refractivity contribution >= 4 is 0 Å². The molecule has 1 aromatic carbocycles. The van der Waals surface area contributed by atoms with Gasteiger partial charge in [-0.3, -0.25) is 0 Å². The third-order valence-corrected chi connectivity index (χ3v) is 3.02. The highest BCUT2D eigenvalue weighted by atomic mass is 19.2. The van der Waals surface area contributed by atoms with Crippen LogP contribution in [0.5, 0.6) is 5.75 Å². The number of hydrogen-bond acceptors (Lipinski definition) is 1. The van der Waals surface area contributed by atoms with Crippen LogP contribution in [0.25, 0.3) is 0 Å². The van der Waals surface area contributed by atoms with Crippen molar-refractivity contribution in [3.05, 3.63) is 29.8 Å². The van der Waals surface area contributed by atoms with Gasteiger partial charge in [-0.25, -0.2) is 8.78 Å². The van der Waals surface area contributed by atoms with Gasteiger partial charge in [-0.05, 0) is 30.9 Å². The van der Waals surface area contributed by atoms with Crippen LogP contribution in [0.1, 0.15) is 32.1 Å². The molecular weight excluding hydrogens is 210 g/mol. The van der Waals surface area contributed by atoms with E-state index < -0.39 is 11.6 Å². The average Bonchev–Trinajstić information content (AvgIpc) is 2.32.